The van der Waals surface area contributed by atoms with E-state index < -0.39 is 5.97 Å². The second-order valence-corrected chi connectivity index (χ2v) is 3.02. The molecule has 94 valence electrons. The van der Waals surface area contributed by atoms with Crippen molar-refractivity contribution in [2.75, 3.05) is 6.61 Å². The molecule has 1 N–H and O–H groups in total. The van der Waals surface area contributed by atoms with Crippen LogP contribution in [-0.2, 0) is 14.6 Å². The molecule has 0 fully saturated rings. The van der Waals surface area contributed by atoms with Gasteiger partial charge >= 0.3 is 5.97 Å². The molecular formula is C12H16O5. The highest BCUT2D eigenvalue weighted by Crippen LogP contribution is 2.01. The molecule has 0 radical (unpaired) electrons. The molecule has 1 rings (SSSR count). The highest BCUT2D eigenvalue weighted by Gasteiger charge is 2.05. The van der Waals surface area contributed by atoms with Crippen molar-refractivity contribution in [3.05, 3.63) is 35.9 Å². The number of unbranched alkanes of at least 4 members (excludes halogenated alkanes) is 1. The quantitative estimate of drug-likeness (QED) is 0.370. The van der Waals surface area contributed by atoms with Gasteiger partial charge in [-0.25, -0.2) is 4.79 Å². The molecule has 0 aliphatic carbocycles. The predicted octanol–water partition coefficient (Wildman–Crippen LogP) is 2.28. The second-order valence-electron chi connectivity index (χ2n) is 3.02. The Morgan fingerprint density at radius 3 is 2.47 bits per heavy atom. The second kappa shape index (κ2) is 10.6. The van der Waals surface area contributed by atoms with Crippen molar-refractivity contribution in [1.29, 1.82) is 0 Å². The smallest absolute Gasteiger partial charge is 0.373 e. The molecule has 5 nitrogen and oxygen atoms in total. The molecule has 0 heterocycles. The maximum absolute atomic E-state index is 11.3. The topological polar surface area (TPSA) is 72.8 Å². The molecule has 0 amide bonds. The molecule has 1 aromatic carbocycles. The predicted molar refractivity (Wildman–Crippen MR) is 61.4 cm³/mol. The van der Waals surface area contributed by atoms with E-state index in [-0.39, 0.29) is 6.47 Å². The Hall–Kier alpha value is -1.88. The molecule has 0 atom stereocenters. The van der Waals surface area contributed by atoms with Gasteiger partial charge in [0.2, 0.25) is 0 Å². The molecule has 0 aliphatic rings. The molecule has 0 spiro atoms. The van der Waals surface area contributed by atoms with Gasteiger partial charge in [0.15, 0.2) is 0 Å². The number of benzene rings is 1. The molecule has 1 aromatic rings. The van der Waals surface area contributed by atoms with E-state index in [2.05, 4.69) is 4.89 Å². The van der Waals surface area contributed by atoms with Crippen LogP contribution in [0.1, 0.15) is 30.1 Å². The standard InChI is InChI=1S/C11H14O3.CH2O2/c1-2-3-9-13-14-11(12)10-7-5-4-6-8-10;2-1-3/h4-8H,2-3,9H2,1H3;1H,(H,2,3). The van der Waals surface area contributed by atoms with Crippen LogP contribution >= 0.6 is 0 Å². The van der Waals surface area contributed by atoms with E-state index in [4.69, 9.17) is 14.8 Å². The fourth-order valence-corrected chi connectivity index (χ4v) is 0.921. The lowest BCUT2D eigenvalue weighted by molar-refractivity contribution is -0.241. The molecule has 0 aliphatic heterocycles. The van der Waals surface area contributed by atoms with Crippen molar-refractivity contribution in [2.24, 2.45) is 0 Å². The van der Waals surface area contributed by atoms with Gasteiger partial charge in [-0.1, -0.05) is 31.5 Å². The summed E-state index contributed by atoms with van der Waals surface area (Å²) in [7, 11) is 0. The van der Waals surface area contributed by atoms with Crippen LogP contribution < -0.4 is 0 Å². The monoisotopic (exact) mass is 240 g/mol. The lowest BCUT2D eigenvalue weighted by Crippen LogP contribution is -2.06. The van der Waals surface area contributed by atoms with Crippen LogP contribution in [0.2, 0.25) is 0 Å². The van der Waals surface area contributed by atoms with Gasteiger partial charge in [0.1, 0.15) is 0 Å². The van der Waals surface area contributed by atoms with Crippen LogP contribution in [0.3, 0.4) is 0 Å². The van der Waals surface area contributed by atoms with Gasteiger partial charge in [-0.15, -0.1) is 0 Å². The fraction of sp³-hybridized carbons (Fsp3) is 0.333. The first-order chi connectivity index (χ1) is 8.26. The summed E-state index contributed by atoms with van der Waals surface area (Å²) in [6, 6.07) is 8.77. The first-order valence-electron chi connectivity index (χ1n) is 5.23. The lowest BCUT2D eigenvalue weighted by Gasteiger charge is -2.02. The summed E-state index contributed by atoms with van der Waals surface area (Å²) in [6.07, 6.45) is 1.91. The summed E-state index contributed by atoms with van der Waals surface area (Å²) in [5.41, 5.74) is 0.504. The van der Waals surface area contributed by atoms with E-state index in [9.17, 15) is 4.79 Å². The Kier molecular flexibility index (Phi) is 9.46. The van der Waals surface area contributed by atoms with Gasteiger partial charge in [0, 0.05) is 0 Å². The SMILES string of the molecule is CCCCOOC(=O)c1ccccc1.O=CO. The van der Waals surface area contributed by atoms with Gasteiger partial charge in [-0.3, -0.25) is 9.68 Å². The summed E-state index contributed by atoms with van der Waals surface area (Å²) in [4.78, 5) is 29.0. The minimum absolute atomic E-state index is 0.250. The zero-order valence-corrected chi connectivity index (χ0v) is 9.67. The van der Waals surface area contributed by atoms with Gasteiger partial charge in [-0.05, 0) is 18.6 Å². The van der Waals surface area contributed by atoms with Crippen molar-refractivity contribution >= 4 is 12.4 Å². The average molecular weight is 240 g/mol. The first kappa shape index (κ1) is 15.1. The summed E-state index contributed by atoms with van der Waals surface area (Å²) in [5, 5.41) is 6.89. The number of carbonyl (C=O) groups excluding carboxylic acids is 1. The normalized spacial score (nSPS) is 8.76. The summed E-state index contributed by atoms with van der Waals surface area (Å²) >= 11 is 0. The number of hydrogen-bond acceptors (Lipinski definition) is 4. The molecule has 0 unspecified atom stereocenters. The Balaban J connectivity index is 0.000000770. The molecule has 0 bridgehead atoms. The minimum Gasteiger partial charge on any atom is -0.483 e. The third-order valence-electron chi connectivity index (χ3n) is 1.73. The van der Waals surface area contributed by atoms with E-state index in [1.165, 1.54) is 0 Å². The Morgan fingerprint density at radius 1 is 1.35 bits per heavy atom. The maximum Gasteiger partial charge on any atom is 0.373 e. The molecule has 5 heteroatoms. The third kappa shape index (κ3) is 7.98. The van der Waals surface area contributed by atoms with Crippen molar-refractivity contribution in [3.8, 4) is 0 Å². The van der Waals surface area contributed by atoms with Crippen LogP contribution in [0, 0.1) is 0 Å². The van der Waals surface area contributed by atoms with Gasteiger partial charge in [0.25, 0.3) is 6.47 Å². The van der Waals surface area contributed by atoms with Crippen LogP contribution in [0.5, 0.6) is 0 Å². The van der Waals surface area contributed by atoms with Gasteiger partial charge in [0.05, 0.1) is 12.2 Å². The van der Waals surface area contributed by atoms with E-state index >= 15 is 0 Å². The zero-order valence-electron chi connectivity index (χ0n) is 9.67. The molecule has 17 heavy (non-hydrogen) atoms. The minimum atomic E-state index is -0.443. The van der Waals surface area contributed by atoms with E-state index in [0.717, 1.165) is 12.8 Å². The van der Waals surface area contributed by atoms with Gasteiger partial charge in [-0.2, -0.15) is 4.89 Å². The number of carbonyl (C=O) groups is 2. The number of rotatable bonds is 5. The summed E-state index contributed by atoms with van der Waals surface area (Å²) in [6.45, 7) is 2.25. The zero-order chi connectivity index (χ0) is 12.9. The molecule has 0 saturated carbocycles. The van der Waals surface area contributed by atoms with Crippen LogP contribution in [0.4, 0.5) is 0 Å². The van der Waals surface area contributed by atoms with Crippen molar-refractivity contribution in [2.45, 2.75) is 19.8 Å². The number of carboxylic acid groups (broad SMARTS) is 1. The Labute approximate surface area is 99.9 Å². The lowest BCUT2D eigenvalue weighted by atomic mass is 10.2. The van der Waals surface area contributed by atoms with Crippen LogP contribution in [0.15, 0.2) is 30.3 Å². The highest BCUT2D eigenvalue weighted by molar-refractivity contribution is 5.88. The van der Waals surface area contributed by atoms with Crippen molar-refractivity contribution in [1.82, 2.24) is 0 Å². The van der Waals surface area contributed by atoms with Gasteiger partial charge < -0.3 is 5.11 Å². The third-order valence-corrected chi connectivity index (χ3v) is 1.73. The molecule has 0 aromatic heterocycles. The largest absolute Gasteiger partial charge is 0.483 e. The Morgan fingerprint density at radius 2 is 1.94 bits per heavy atom. The average Bonchev–Trinajstić information content (AvgIpc) is 2.36. The Bertz CT molecular complexity index is 310. The van der Waals surface area contributed by atoms with E-state index in [1.54, 1.807) is 24.3 Å². The first-order valence-corrected chi connectivity index (χ1v) is 5.23. The number of hydrogen-bond donors (Lipinski definition) is 1. The van der Waals surface area contributed by atoms with Crippen molar-refractivity contribution < 1.29 is 24.5 Å². The van der Waals surface area contributed by atoms with Crippen LogP contribution in [0.25, 0.3) is 0 Å². The van der Waals surface area contributed by atoms with E-state index in [0.29, 0.717) is 12.2 Å². The highest BCUT2D eigenvalue weighted by atomic mass is 17.2. The maximum atomic E-state index is 11.3. The summed E-state index contributed by atoms with van der Waals surface area (Å²) in [5.74, 6) is -0.443. The fourth-order valence-electron chi connectivity index (χ4n) is 0.921. The summed E-state index contributed by atoms with van der Waals surface area (Å²) < 4.78 is 0. The molecule has 0 saturated heterocycles. The van der Waals surface area contributed by atoms with E-state index in [1.807, 2.05) is 13.0 Å². The van der Waals surface area contributed by atoms with Crippen molar-refractivity contribution in [3.63, 3.8) is 0 Å². The van der Waals surface area contributed by atoms with Crippen LogP contribution in [-0.4, -0.2) is 24.2 Å². The molecular weight excluding hydrogens is 224 g/mol.